The van der Waals surface area contributed by atoms with Gasteiger partial charge in [-0.05, 0) is 23.3 Å². The molecule has 0 spiro atoms. The molecule has 0 aliphatic heterocycles. The molecule has 0 saturated heterocycles. The van der Waals surface area contributed by atoms with Gasteiger partial charge in [-0.1, -0.05) is 42.5 Å². The first-order chi connectivity index (χ1) is 8.48. The molecule has 0 aromatic heterocycles. The summed E-state index contributed by atoms with van der Waals surface area (Å²) in [6.45, 7) is 0. The lowest BCUT2D eigenvalue weighted by Gasteiger charge is -2.11. The molecule has 0 radical (unpaired) electrons. The summed E-state index contributed by atoms with van der Waals surface area (Å²) >= 11 is 0. The van der Waals surface area contributed by atoms with E-state index in [1.54, 1.807) is 30.3 Å². The average molecular weight is 254 g/mol. The van der Waals surface area contributed by atoms with Gasteiger partial charge in [0.15, 0.2) is 6.17 Å². The normalized spacial score (nSPS) is 13.3. The molecule has 2 rings (SSSR count). The van der Waals surface area contributed by atoms with E-state index in [1.165, 1.54) is 12.1 Å². The second-order valence-corrected chi connectivity index (χ2v) is 3.89. The second kappa shape index (κ2) is 4.80. The van der Waals surface area contributed by atoms with Gasteiger partial charge >= 0.3 is 6.18 Å². The summed E-state index contributed by atoms with van der Waals surface area (Å²) in [4.78, 5) is 0. The van der Waals surface area contributed by atoms with Gasteiger partial charge in [-0.3, -0.25) is 0 Å². The number of rotatable bonds is 2. The Morgan fingerprint density at radius 3 is 1.72 bits per heavy atom. The zero-order valence-corrected chi connectivity index (χ0v) is 9.29. The minimum atomic E-state index is -4.39. The minimum absolute atomic E-state index is 0.217. The summed E-state index contributed by atoms with van der Waals surface area (Å²) in [7, 11) is 0. The Morgan fingerprint density at radius 2 is 1.22 bits per heavy atom. The molecular weight excluding hydrogens is 244 g/mol. The van der Waals surface area contributed by atoms with Gasteiger partial charge in [-0.25, -0.2) is 4.39 Å². The number of halogens is 4. The first kappa shape index (κ1) is 12.6. The van der Waals surface area contributed by atoms with Crippen LogP contribution in [-0.2, 0) is 6.18 Å². The number of alkyl halides is 4. The van der Waals surface area contributed by atoms with Crippen molar-refractivity contribution in [2.24, 2.45) is 0 Å². The van der Waals surface area contributed by atoms with E-state index in [0.717, 1.165) is 12.1 Å². The predicted molar refractivity (Wildman–Crippen MR) is 60.8 cm³/mol. The molecule has 0 aliphatic rings. The Balaban J connectivity index is 2.25. The largest absolute Gasteiger partial charge is 0.416 e. The molecule has 0 heterocycles. The average Bonchev–Trinajstić information content (AvgIpc) is 2.38. The fourth-order valence-corrected chi connectivity index (χ4v) is 1.66. The smallest absolute Gasteiger partial charge is 0.237 e. The Kier molecular flexibility index (Phi) is 3.36. The Hall–Kier alpha value is -1.84. The highest BCUT2D eigenvalue weighted by Crippen LogP contribution is 2.32. The van der Waals surface area contributed by atoms with E-state index in [9.17, 15) is 17.6 Å². The lowest BCUT2D eigenvalue weighted by molar-refractivity contribution is -0.137. The second-order valence-electron chi connectivity index (χ2n) is 3.89. The van der Waals surface area contributed by atoms with Gasteiger partial charge in [0.05, 0.1) is 5.56 Å². The number of hydrogen-bond donors (Lipinski definition) is 0. The van der Waals surface area contributed by atoms with Gasteiger partial charge in [0, 0.05) is 0 Å². The Bertz CT molecular complexity index is 500. The van der Waals surface area contributed by atoms with Crippen molar-refractivity contribution in [2.45, 2.75) is 12.3 Å². The summed E-state index contributed by atoms with van der Waals surface area (Å²) < 4.78 is 51.1. The maximum atomic E-state index is 14.0. The predicted octanol–water partition coefficient (Wildman–Crippen LogP) is 4.76. The van der Waals surface area contributed by atoms with Crippen LogP contribution in [0.3, 0.4) is 0 Å². The summed E-state index contributed by atoms with van der Waals surface area (Å²) in [5, 5.41) is 0. The van der Waals surface area contributed by atoms with Crippen molar-refractivity contribution in [1.82, 2.24) is 0 Å². The topological polar surface area (TPSA) is 0 Å². The molecule has 0 fully saturated rings. The van der Waals surface area contributed by atoms with Gasteiger partial charge in [0.1, 0.15) is 0 Å². The van der Waals surface area contributed by atoms with Crippen molar-refractivity contribution < 1.29 is 17.6 Å². The number of benzene rings is 2. The van der Waals surface area contributed by atoms with E-state index in [1.807, 2.05) is 0 Å². The maximum Gasteiger partial charge on any atom is 0.416 e. The van der Waals surface area contributed by atoms with Crippen LogP contribution in [0.1, 0.15) is 22.9 Å². The van der Waals surface area contributed by atoms with Crippen LogP contribution in [0.15, 0.2) is 54.6 Å². The van der Waals surface area contributed by atoms with Crippen LogP contribution in [0.2, 0.25) is 0 Å². The summed E-state index contributed by atoms with van der Waals surface area (Å²) in [6, 6.07) is 12.4. The monoisotopic (exact) mass is 254 g/mol. The standard InChI is InChI=1S/C14H10F4/c15-13(10-4-2-1-3-5-10)11-6-8-12(9-7-11)14(16,17)18/h1-9,13H. The van der Waals surface area contributed by atoms with E-state index in [4.69, 9.17) is 0 Å². The van der Waals surface area contributed by atoms with Gasteiger partial charge in [-0.15, -0.1) is 0 Å². The molecule has 0 amide bonds. The first-order valence-corrected chi connectivity index (χ1v) is 5.34. The molecule has 2 aromatic carbocycles. The third-order valence-corrected chi connectivity index (χ3v) is 2.62. The molecule has 18 heavy (non-hydrogen) atoms. The van der Waals surface area contributed by atoms with Gasteiger partial charge in [-0.2, -0.15) is 13.2 Å². The van der Waals surface area contributed by atoms with Crippen molar-refractivity contribution in [3.8, 4) is 0 Å². The third-order valence-electron chi connectivity index (χ3n) is 2.62. The van der Waals surface area contributed by atoms with E-state index in [-0.39, 0.29) is 5.56 Å². The zero-order valence-electron chi connectivity index (χ0n) is 9.29. The Morgan fingerprint density at radius 1 is 0.722 bits per heavy atom. The fraction of sp³-hybridized carbons (Fsp3) is 0.143. The van der Waals surface area contributed by atoms with Crippen LogP contribution < -0.4 is 0 Å². The van der Waals surface area contributed by atoms with Gasteiger partial charge < -0.3 is 0 Å². The molecule has 0 aliphatic carbocycles. The molecule has 1 atom stereocenters. The van der Waals surface area contributed by atoms with Gasteiger partial charge in [0.25, 0.3) is 0 Å². The van der Waals surface area contributed by atoms with Crippen LogP contribution in [0.4, 0.5) is 17.6 Å². The lowest BCUT2D eigenvalue weighted by atomic mass is 10.0. The summed E-state index contributed by atoms with van der Waals surface area (Å²) in [5.74, 6) is 0. The maximum absolute atomic E-state index is 14.0. The molecule has 1 unspecified atom stereocenters. The van der Waals surface area contributed by atoms with Crippen LogP contribution in [-0.4, -0.2) is 0 Å². The van der Waals surface area contributed by atoms with E-state index < -0.39 is 17.9 Å². The molecule has 4 heteroatoms. The minimum Gasteiger partial charge on any atom is -0.237 e. The molecule has 2 aromatic rings. The molecule has 94 valence electrons. The number of hydrogen-bond acceptors (Lipinski definition) is 0. The molecule has 0 saturated carbocycles. The van der Waals surface area contributed by atoms with Crippen molar-refractivity contribution in [3.63, 3.8) is 0 Å². The highest BCUT2D eigenvalue weighted by atomic mass is 19.4. The van der Waals surface area contributed by atoms with Crippen molar-refractivity contribution in [1.29, 1.82) is 0 Å². The Labute approximate surface area is 102 Å². The fourth-order valence-electron chi connectivity index (χ4n) is 1.66. The van der Waals surface area contributed by atoms with Crippen molar-refractivity contribution in [3.05, 3.63) is 71.3 Å². The summed E-state index contributed by atoms with van der Waals surface area (Å²) in [5.41, 5.74) is -0.127. The zero-order chi connectivity index (χ0) is 13.2. The quantitative estimate of drug-likeness (QED) is 0.677. The molecule has 0 nitrogen and oxygen atoms in total. The lowest BCUT2D eigenvalue weighted by Crippen LogP contribution is -2.05. The SMILES string of the molecule is FC(c1ccccc1)c1ccc(C(F)(F)F)cc1. The van der Waals surface area contributed by atoms with Crippen molar-refractivity contribution in [2.75, 3.05) is 0 Å². The van der Waals surface area contributed by atoms with E-state index in [2.05, 4.69) is 0 Å². The highest BCUT2D eigenvalue weighted by Gasteiger charge is 2.30. The van der Waals surface area contributed by atoms with Crippen LogP contribution >= 0.6 is 0 Å². The van der Waals surface area contributed by atoms with E-state index >= 15 is 0 Å². The molecule has 0 N–H and O–H groups in total. The molecular formula is C14H10F4. The first-order valence-electron chi connectivity index (χ1n) is 5.34. The van der Waals surface area contributed by atoms with Crippen molar-refractivity contribution >= 4 is 0 Å². The van der Waals surface area contributed by atoms with Gasteiger partial charge in [0.2, 0.25) is 0 Å². The highest BCUT2D eigenvalue weighted by molar-refractivity contribution is 5.32. The summed E-state index contributed by atoms with van der Waals surface area (Å²) in [6.07, 6.45) is -5.80. The van der Waals surface area contributed by atoms with Crippen LogP contribution in [0.5, 0.6) is 0 Å². The molecule has 0 bridgehead atoms. The third kappa shape index (κ3) is 2.70. The van der Waals surface area contributed by atoms with Crippen LogP contribution in [0, 0.1) is 0 Å². The van der Waals surface area contributed by atoms with E-state index in [0.29, 0.717) is 5.56 Å². The van der Waals surface area contributed by atoms with Crippen LogP contribution in [0.25, 0.3) is 0 Å².